The van der Waals surface area contributed by atoms with E-state index in [1.807, 2.05) is 0 Å². The van der Waals surface area contributed by atoms with Gasteiger partial charge in [-0.15, -0.1) is 0 Å². The summed E-state index contributed by atoms with van der Waals surface area (Å²) in [7, 11) is -4.73. The molecule has 0 spiro atoms. The molecule has 1 aliphatic carbocycles. The minimum atomic E-state index is -4.91. The highest BCUT2D eigenvalue weighted by Gasteiger charge is 2.56. The summed E-state index contributed by atoms with van der Waals surface area (Å²) in [6, 6.07) is -2.00. The molecule has 1 N–H and O–H groups in total. The lowest BCUT2D eigenvalue weighted by molar-refractivity contribution is -0.141. The normalized spacial score (nSPS) is 32.7. The van der Waals surface area contributed by atoms with Gasteiger partial charge < -0.3 is 5.11 Å². The van der Waals surface area contributed by atoms with Crippen molar-refractivity contribution >= 4 is 16.0 Å². The number of sulfonamides is 1. The molecule has 0 aromatic carbocycles. The van der Waals surface area contributed by atoms with E-state index >= 15 is 0 Å². The third-order valence-corrected chi connectivity index (χ3v) is 6.79. The molecule has 0 aromatic heterocycles. The average Bonchev–Trinajstić information content (AvgIpc) is 2.76. The SMILES string of the molecule is CC(C(F)(F)F)S(=O)(=O)N1C(C(=O)O)CC2CCCCC21. The van der Waals surface area contributed by atoms with Crippen LogP contribution in [0.3, 0.4) is 0 Å². The minimum Gasteiger partial charge on any atom is -0.480 e. The second-order valence-electron chi connectivity index (χ2n) is 5.76. The first kappa shape index (κ1) is 16.5. The fourth-order valence-corrected chi connectivity index (χ4v) is 5.24. The predicted octanol–water partition coefficient (Wildman–Crippen LogP) is 1.98. The van der Waals surface area contributed by atoms with Gasteiger partial charge in [0, 0.05) is 6.04 Å². The molecule has 5 nitrogen and oxygen atoms in total. The number of halogens is 3. The van der Waals surface area contributed by atoms with E-state index in [0.29, 0.717) is 30.5 Å². The summed E-state index contributed by atoms with van der Waals surface area (Å²) >= 11 is 0. The molecule has 9 heteroatoms. The largest absolute Gasteiger partial charge is 0.480 e. The summed E-state index contributed by atoms with van der Waals surface area (Å²) in [4.78, 5) is 11.3. The Morgan fingerprint density at radius 1 is 1.29 bits per heavy atom. The van der Waals surface area contributed by atoms with Crippen LogP contribution in [0.2, 0.25) is 0 Å². The van der Waals surface area contributed by atoms with Gasteiger partial charge in [0.2, 0.25) is 10.0 Å². The maximum absolute atomic E-state index is 12.8. The highest BCUT2D eigenvalue weighted by Crippen LogP contribution is 2.43. The van der Waals surface area contributed by atoms with Crippen LogP contribution in [-0.2, 0) is 14.8 Å². The molecule has 4 unspecified atom stereocenters. The Bertz CT molecular complexity index is 519. The van der Waals surface area contributed by atoms with E-state index in [4.69, 9.17) is 0 Å². The van der Waals surface area contributed by atoms with Crippen LogP contribution in [0.5, 0.6) is 0 Å². The first-order chi connectivity index (χ1) is 9.56. The maximum Gasteiger partial charge on any atom is 0.406 e. The Morgan fingerprint density at radius 2 is 1.86 bits per heavy atom. The van der Waals surface area contributed by atoms with Crippen LogP contribution >= 0.6 is 0 Å². The summed E-state index contributed by atoms with van der Waals surface area (Å²) in [6.45, 7) is 0.574. The highest BCUT2D eigenvalue weighted by molar-refractivity contribution is 7.89. The molecule has 4 atom stereocenters. The summed E-state index contributed by atoms with van der Waals surface area (Å²) in [5.74, 6) is -1.53. The van der Waals surface area contributed by atoms with Crippen molar-refractivity contribution in [2.75, 3.05) is 0 Å². The van der Waals surface area contributed by atoms with Gasteiger partial charge in [0.25, 0.3) is 0 Å². The lowest BCUT2D eigenvalue weighted by Crippen LogP contribution is -2.52. The Balaban J connectivity index is 2.39. The van der Waals surface area contributed by atoms with E-state index in [2.05, 4.69) is 0 Å². The molecule has 0 aromatic rings. The molecule has 0 bridgehead atoms. The van der Waals surface area contributed by atoms with E-state index in [1.54, 1.807) is 0 Å². The van der Waals surface area contributed by atoms with E-state index in [9.17, 15) is 31.5 Å². The van der Waals surface area contributed by atoms with Gasteiger partial charge in [-0.05, 0) is 32.1 Å². The summed E-state index contributed by atoms with van der Waals surface area (Å²) < 4.78 is 63.6. The van der Waals surface area contributed by atoms with Crippen LogP contribution in [0.4, 0.5) is 13.2 Å². The number of rotatable bonds is 3. The lowest BCUT2D eigenvalue weighted by atomic mass is 9.85. The van der Waals surface area contributed by atoms with Crippen molar-refractivity contribution in [3.63, 3.8) is 0 Å². The van der Waals surface area contributed by atoms with Crippen LogP contribution in [-0.4, -0.2) is 47.3 Å². The van der Waals surface area contributed by atoms with E-state index < -0.39 is 39.5 Å². The Morgan fingerprint density at radius 3 is 2.38 bits per heavy atom. The van der Waals surface area contributed by atoms with Crippen molar-refractivity contribution in [3.8, 4) is 0 Å². The number of fused-ring (bicyclic) bond motifs is 1. The zero-order chi connectivity index (χ0) is 16.0. The van der Waals surface area contributed by atoms with E-state index in [-0.39, 0.29) is 12.3 Å². The molecule has 0 amide bonds. The standard InChI is InChI=1S/C12H18F3NO4S/c1-7(12(13,14)15)21(19,20)16-9-5-3-2-4-8(9)6-10(16)11(17)18/h7-10H,2-6H2,1H3,(H,17,18). The van der Waals surface area contributed by atoms with Crippen molar-refractivity contribution in [2.24, 2.45) is 5.92 Å². The summed E-state index contributed by atoms with van der Waals surface area (Å²) in [5.41, 5.74) is 0. The third kappa shape index (κ3) is 2.90. The van der Waals surface area contributed by atoms with Crippen LogP contribution in [0.1, 0.15) is 39.0 Å². The number of carboxylic acids is 1. The molecule has 0 radical (unpaired) electrons. The van der Waals surface area contributed by atoms with E-state index in [1.165, 1.54) is 0 Å². The monoisotopic (exact) mass is 329 g/mol. The van der Waals surface area contributed by atoms with Gasteiger partial charge >= 0.3 is 12.1 Å². The first-order valence-corrected chi connectivity index (χ1v) is 8.39. The summed E-state index contributed by atoms with van der Waals surface area (Å²) in [5, 5.41) is 6.60. The predicted molar refractivity (Wildman–Crippen MR) is 68.1 cm³/mol. The molecule has 122 valence electrons. The smallest absolute Gasteiger partial charge is 0.406 e. The van der Waals surface area contributed by atoms with Crippen molar-refractivity contribution in [1.29, 1.82) is 0 Å². The molecule has 2 aliphatic rings. The van der Waals surface area contributed by atoms with Crippen molar-refractivity contribution in [2.45, 2.75) is 62.5 Å². The Labute approximate surface area is 121 Å². The zero-order valence-electron chi connectivity index (χ0n) is 11.5. The van der Waals surface area contributed by atoms with Crippen molar-refractivity contribution < 1.29 is 31.5 Å². The lowest BCUT2D eigenvalue weighted by Gasteiger charge is -2.34. The molecule has 1 saturated heterocycles. The van der Waals surface area contributed by atoms with Gasteiger partial charge in [0.15, 0.2) is 5.25 Å². The molecule has 1 aliphatic heterocycles. The number of nitrogens with zero attached hydrogens (tertiary/aromatic N) is 1. The molecule has 2 fully saturated rings. The second kappa shape index (κ2) is 5.42. The van der Waals surface area contributed by atoms with Gasteiger partial charge in [-0.1, -0.05) is 12.8 Å². The number of hydrogen-bond donors (Lipinski definition) is 1. The molecular formula is C12H18F3NO4S. The maximum atomic E-state index is 12.8. The number of carboxylic acid groups (broad SMARTS) is 1. The quantitative estimate of drug-likeness (QED) is 0.859. The highest BCUT2D eigenvalue weighted by atomic mass is 32.2. The second-order valence-corrected chi connectivity index (χ2v) is 7.92. The first-order valence-electron chi connectivity index (χ1n) is 6.88. The molecule has 1 saturated carbocycles. The van der Waals surface area contributed by atoms with Gasteiger partial charge in [-0.25, -0.2) is 8.42 Å². The molecule has 2 rings (SSSR count). The Kier molecular flexibility index (Phi) is 4.27. The minimum absolute atomic E-state index is 0.101. The summed E-state index contributed by atoms with van der Waals surface area (Å²) in [6.07, 6.45) is -2.15. The number of hydrogen-bond acceptors (Lipinski definition) is 3. The van der Waals surface area contributed by atoms with Crippen LogP contribution < -0.4 is 0 Å². The number of aliphatic carboxylic acids is 1. The number of alkyl halides is 3. The van der Waals surface area contributed by atoms with Gasteiger partial charge in [0.05, 0.1) is 0 Å². The van der Waals surface area contributed by atoms with Gasteiger partial charge in [-0.3, -0.25) is 4.79 Å². The fraction of sp³-hybridized carbons (Fsp3) is 0.917. The van der Waals surface area contributed by atoms with Crippen LogP contribution in [0, 0.1) is 5.92 Å². The van der Waals surface area contributed by atoms with Crippen molar-refractivity contribution in [3.05, 3.63) is 0 Å². The molecule has 1 heterocycles. The van der Waals surface area contributed by atoms with Crippen molar-refractivity contribution in [1.82, 2.24) is 4.31 Å². The molecular weight excluding hydrogens is 311 g/mol. The van der Waals surface area contributed by atoms with Gasteiger partial charge in [0.1, 0.15) is 6.04 Å². The zero-order valence-corrected chi connectivity index (χ0v) is 12.3. The average molecular weight is 329 g/mol. The third-order valence-electron chi connectivity index (χ3n) is 4.52. The van der Waals surface area contributed by atoms with E-state index in [0.717, 1.165) is 6.42 Å². The Hall–Kier alpha value is -0.830. The van der Waals surface area contributed by atoms with Crippen LogP contribution in [0.15, 0.2) is 0 Å². The van der Waals surface area contributed by atoms with Gasteiger partial charge in [-0.2, -0.15) is 17.5 Å². The van der Waals surface area contributed by atoms with Crippen LogP contribution in [0.25, 0.3) is 0 Å². The number of carbonyl (C=O) groups is 1. The molecule has 21 heavy (non-hydrogen) atoms. The fourth-order valence-electron chi connectivity index (χ4n) is 3.35. The topological polar surface area (TPSA) is 74.7 Å².